The van der Waals surface area contributed by atoms with E-state index >= 15 is 0 Å². The zero-order valence-corrected chi connectivity index (χ0v) is 12.6. The Morgan fingerprint density at radius 3 is 2.81 bits per heavy atom. The van der Waals surface area contributed by atoms with E-state index < -0.39 is 4.92 Å². The van der Waals surface area contributed by atoms with Crippen LogP contribution in [-0.4, -0.2) is 59.6 Å². The van der Waals surface area contributed by atoms with Crippen LogP contribution in [0.3, 0.4) is 0 Å². The molecule has 1 aliphatic rings. The van der Waals surface area contributed by atoms with Gasteiger partial charge in [0.25, 0.3) is 0 Å². The first-order valence-electron chi connectivity index (χ1n) is 7.30. The molecule has 0 radical (unpaired) electrons. The van der Waals surface area contributed by atoms with Gasteiger partial charge in [0.1, 0.15) is 6.20 Å². The van der Waals surface area contributed by atoms with Crippen molar-refractivity contribution in [3.05, 3.63) is 16.3 Å². The predicted molar refractivity (Wildman–Crippen MR) is 81.8 cm³/mol. The molecule has 0 bridgehead atoms. The van der Waals surface area contributed by atoms with Crippen LogP contribution in [0, 0.1) is 10.1 Å². The van der Waals surface area contributed by atoms with Gasteiger partial charge in [-0.05, 0) is 32.9 Å². The Kier molecular flexibility index (Phi) is 5.26. The minimum atomic E-state index is -0.433. The standard InChI is InChI=1S/C13H22N6O2/c1-3-14-13-15-10-11(19(20)21)12(16-13)17(2)8-9-18-6-4-5-7-18/h10H,3-9H2,1-2H3,(H,14,15,16). The fourth-order valence-corrected chi connectivity index (χ4v) is 2.42. The highest BCUT2D eigenvalue weighted by atomic mass is 16.6. The summed E-state index contributed by atoms with van der Waals surface area (Å²) in [5.74, 6) is 0.788. The van der Waals surface area contributed by atoms with Crippen molar-refractivity contribution in [1.82, 2.24) is 14.9 Å². The first-order chi connectivity index (χ1) is 10.1. The Morgan fingerprint density at radius 1 is 1.48 bits per heavy atom. The van der Waals surface area contributed by atoms with Crippen molar-refractivity contribution in [1.29, 1.82) is 0 Å². The summed E-state index contributed by atoms with van der Waals surface area (Å²) in [6.07, 6.45) is 3.75. The number of aromatic nitrogens is 2. The normalized spacial score (nSPS) is 15.1. The molecule has 0 unspecified atom stereocenters. The van der Waals surface area contributed by atoms with E-state index in [1.807, 2.05) is 18.9 Å². The first kappa shape index (κ1) is 15.4. The molecule has 0 atom stereocenters. The largest absolute Gasteiger partial charge is 0.354 e. The van der Waals surface area contributed by atoms with Crippen molar-refractivity contribution < 1.29 is 4.92 Å². The second-order valence-electron chi connectivity index (χ2n) is 5.16. The number of likely N-dealkylation sites (N-methyl/N-ethyl adjacent to an activating group) is 1. The number of nitro groups is 1. The lowest BCUT2D eigenvalue weighted by Crippen LogP contribution is -2.32. The maximum Gasteiger partial charge on any atom is 0.329 e. The van der Waals surface area contributed by atoms with E-state index in [2.05, 4.69) is 20.2 Å². The second kappa shape index (κ2) is 7.16. The summed E-state index contributed by atoms with van der Waals surface area (Å²) < 4.78 is 0. The lowest BCUT2D eigenvalue weighted by atomic mass is 10.4. The molecule has 0 amide bonds. The molecule has 1 aliphatic heterocycles. The van der Waals surface area contributed by atoms with Crippen molar-refractivity contribution in [3.63, 3.8) is 0 Å². The first-order valence-corrected chi connectivity index (χ1v) is 7.30. The van der Waals surface area contributed by atoms with Gasteiger partial charge in [-0.1, -0.05) is 0 Å². The molecule has 1 aromatic rings. The Bertz CT molecular complexity index is 490. The molecule has 21 heavy (non-hydrogen) atoms. The van der Waals surface area contributed by atoms with E-state index in [1.54, 1.807) is 0 Å². The highest BCUT2D eigenvalue weighted by Gasteiger charge is 2.21. The van der Waals surface area contributed by atoms with Crippen LogP contribution in [0.1, 0.15) is 19.8 Å². The minimum absolute atomic E-state index is 0.0550. The van der Waals surface area contributed by atoms with Gasteiger partial charge in [-0.3, -0.25) is 10.1 Å². The van der Waals surface area contributed by atoms with E-state index in [4.69, 9.17) is 0 Å². The second-order valence-corrected chi connectivity index (χ2v) is 5.16. The summed E-state index contributed by atoms with van der Waals surface area (Å²) >= 11 is 0. The number of nitrogens with one attached hydrogen (secondary N) is 1. The number of anilines is 2. The van der Waals surface area contributed by atoms with Gasteiger partial charge in [0, 0.05) is 26.7 Å². The van der Waals surface area contributed by atoms with E-state index in [-0.39, 0.29) is 5.69 Å². The van der Waals surface area contributed by atoms with Gasteiger partial charge in [-0.15, -0.1) is 0 Å². The molecule has 0 spiro atoms. The van der Waals surface area contributed by atoms with Crippen LogP contribution < -0.4 is 10.2 Å². The summed E-state index contributed by atoms with van der Waals surface area (Å²) in [5.41, 5.74) is -0.0550. The highest BCUT2D eigenvalue weighted by molar-refractivity contribution is 5.58. The fraction of sp³-hybridized carbons (Fsp3) is 0.692. The van der Waals surface area contributed by atoms with Crippen LogP contribution in [0.5, 0.6) is 0 Å². The number of nitrogens with zero attached hydrogens (tertiary/aromatic N) is 5. The number of rotatable bonds is 7. The average Bonchev–Trinajstić information content (AvgIpc) is 2.98. The van der Waals surface area contributed by atoms with Gasteiger partial charge in [-0.2, -0.15) is 4.98 Å². The Hall–Kier alpha value is -1.96. The van der Waals surface area contributed by atoms with Crippen LogP contribution in [-0.2, 0) is 0 Å². The molecule has 1 fully saturated rings. The van der Waals surface area contributed by atoms with E-state index in [0.717, 1.165) is 19.6 Å². The van der Waals surface area contributed by atoms with Crippen LogP contribution in [0.4, 0.5) is 17.5 Å². The van der Waals surface area contributed by atoms with Gasteiger partial charge >= 0.3 is 5.69 Å². The third-order valence-electron chi connectivity index (χ3n) is 3.59. The van der Waals surface area contributed by atoms with Crippen LogP contribution in [0.2, 0.25) is 0 Å². The lowest BCUT2D eigenvalue weighted by molar-refractivity contribution is -0.384. The maximum absolute atomic E-state index is 11.1. The van der Waals surface area contributed by atoms with Gasteiger partial charge in [0.05, 0.1) is 4.92 Å². The van der Waals surface area contributed by atoms with E-state index in [9.17, 15) is 10.1 Å². The van der Waals surface area contributed by atoms with Crippen molar-refractivity contribution in [2.75, 3.05) is 50.0 Å². The van der Waals surface area contributed by atoms with Crippen molar-refractivity contribution >= 4 is 17.5 Å². The molecule has 2 rings (SSSR count). The fourth-order valence-electron chi connectivity index (χ4n) is 2.42. The van der Waals surface area contributed by atoms with Crippen LogP contribution in [0.15, 0.2) is 6.20 Å². The zero-order chi connectivity index (χ0) is 15.2. The molecular weight excluding hydrogens is 272 g/mol. The quantitative estimate of drug-likeness (QED) is 0.600. The van der Waals surface area contributed by atoms with Crippen LogP contribution >= 0.6 is 0 Å². The average molecular weight is 294 g/mol. The molecule has 116 valence electrons. The Morgan fingerprint density at radius 2 is 2.19 bits per heavy atom. The van der Waals surface area contributed by atoms with Gasteiger partial charge in [-0.25, -0.2) is 4.98 Å². The summed E-state index contributed by atoms with van der Waals surface area (Å²) in [5, 5.41) is 14.1. The topological polar surface area (TPSA) is 87.4 Å². The number of hydrogen-bond acceptors (Lipinski definition) is 7. The SMILES string of the molecule is CCNc1ncc([N+](=O)[O-])c(N(C)CCN2CCCC2)n1. The lowest BCUT2D eigenvalue weighted by Gasteiger charge is -2.22. The highest BCUT2D eigenvalue weighted by Crippen LogP contribution is 2.25. The summed E-state index contributed by atoms with van der Waals surface area (Å²) in [6.45, 7) is 6.44. The minimum Gasteiger partial charge on any atom is -0.354 e. The molecule has 0 saturated carbocycles. The van der Waals surface area contributed by atoms with Crippen molar-refractivity contribution in [3.8, 4) is 0 Å². The Balaban J connectivity index is 2.10. The van der Waals surface area contributed by atoms with Gasteiger partial charge in [0.15, 0.2) is 0 Å². The summed E-state index contributed by atoms with van der Waals surface area (Å²) in [4.78, 5) is 23.1. The molecular formula is C13H22N6O2. The number of hydrogen-bond donors (Lipinski definition) is 1. The van der Waals surface area contributed by atoms with Gasteiger partial charge < -0.3 is 15.1 Å². The Labute approximate surface area is 124 Å². The van der Waals surface area contributed by atoms with E-state index in [1.165, 1.54) is 19.0 Å². The monoisotopic (exact) mass is 294 g/mol. The predicted octanol–water partition coefficient (Wildman–Crippen LogP) is 1.35. The summed E-state index contributed by atoms with van der Waals surface area (Å²) in [6, 6.07) is 0. The molecule has 2 heterocycles. The zero-order valence-electron chi connectivity index (χ0n) is 12.6. The van der Waals surface area contributed by atoms with E-state index in [0.29, 0.717) is 24.9 Å². The van der Waals surface area contributed by atoms with Gasteiger partial charge in [0.2, 0.25) is 11.8 Å². The molecule has 1 N–H and O–H groups in total. The molecule has 8 heteroatoms. The smallest absolute Gasteiger partial charge is 0.329 e. The maximum atomic E-state index is 11.1. The molecule has 0 aromatic carbocycles. The third-order valence-corrected chi connectivity index (χ3v) is 3.59. The van der Waals surface area contributed by atoms with Crippen LogP contribution in [0.25, 0.3) is 0 Å². The molecule has 1 saturated heterocycles. The molecule has 0 aliphatic carbocycles. The molecule has 8 nitrogen and oxygen atoms in total. The number of likely N-dealkylation sites (tertiary alicyclic amines) is 1. The molecule has 1 aromatic heterocycles. The van der Waals surface area contributed by atoms with Crippen molar-refractivity contribution in [2.24, 2.45) is 0 Å². The third kappa shape index (κ3) is 4.01. The summed E-state index contributed by atoms with van der Waals surface area (Å²) in [7, 11) is 1.83. The van der Waals surface area contributed by atoms with Crippen molar-refractivity contribution in [2.45, 2.75) is 19.8 Å².